The molecule has 6 heteroatoms. The van der Waals surface area contributed by atoms with Crippen LogP contribution in [0, 0.1) is 0 Å². The van der Waals surface area contributed by atoms with E-state index in [1.807, 2.05) is 10.3 Å². The number of carbonyl (C=O) groups is 1. The molecule has 1 aromatic rings. The number of rotatable bonds is 2. The van der Waals surface area contributed by atoms with Crippen LogP contribution in [0.1, 0.15) is 49.2 Å². The minimum atomic E-state index is 0.107. The van der Waals surface area contributed by atoms with Crippen molar-refractivity contribution in [3.63, 3.8) is 0 Å². The summed E-state index contributed by atoms with van der Waals surface area (Å²) in [7, 11) is 0. The highest BCUT2D eigenvalue weighted by Gasteiger charge is 2.37. The molecule has 0 radical (unpaired) electrons. The van der Waals surface area contributed by atoms with E-state index in [2.05, 4.69) is 18.7 Å². The highest BCUT2D eigenvalue weighted by molar-refractivity contribution is 7.12. The van der Waals surface area contributed by atoms with Crippen LogP contribution in [0.3, 0.4) is 0 Å². The molecule has 3 aliphatic rings. The molecule has 5 nitrogen and oxygen atoms in total. The van der Waals surface area contributed by atoms with Crippen LogP contribution in [-0.4, -0.2) is 60.1 Å². The van der Waals surface area contributed by atoms with Gasteiger partial charge in [0.25, 0.3) is 5.91 Å². The van der Waals surface area contributed by atoms with E-state index in [1.165, 1.54) is 30.6 Å². The second-order valence-electron chi connectivity index (χ2n) is 7.22. The van der Waals surface area contributed by atoms with Crippen LogP contribution in [0.5, 0.6) is 11.5 Å². The van der Waals surface area contributed by atoms with Gasteiger partial charge in [-0.25, -0.2) is 0 Å². The molecule has 0 N–H and O–H groups in total. The normalized spacial score (nSPS) is 30.6. The zero-order valence-electron chi connectivity index (χ0n) is 14.5. The van der Waals surface area contributed by atoms with E-state index in [1.54, 1.807) is 0 Å². The molecule has 2 saturated heterocycles. The van der Waals surface area contributed by atoms with Gasteiger partial charge in [0.1, 0.15) is 18.1 Å². The number of thiophene rings is 1. The average molecular weight is 350 g/mol. The summed E-state index contributed by atoms with van der Waals surface area (Å²) in [6.45, 7) is 7.42. The van der Waals surface area contributed by atoms with Crippen molar-refractivity contribution in [3.05, 3.63) is 10.3 Å². The Morgan fingerprint density at radius 3 is 2.71 bits per heavy atom. The molecule has 0 aromatic carbocycles. The molecule has 3 unspecified atom stereocenters. The minimum absolute atomic E-state index is 0.107. The Hall–Kier alpha value is -1.27. The van der Waals surface area contributed by atoms with E-state index in [-0.39, 0.29) is 5.91 Å². The molecule has 4 rings (SSSR count). The molecule has 1 amide bonds. The van der Waals surface area contributed by atoms with Gasteiger partial charge in [0.05, 0.1) is 0 Å². The van der Waals surface area contributed by atoms with Crippen molar-refractivity contribution in [2.45, 2.75) is 57.7 Å². The van der Waals surface area contributed by atoms with Crippen LogP contribution in [0.2, 0.25) is 0 Å². The predicted octanol–water partition coefficient (Wildman–Crippen LogP) is 3.00. The molecule has 1 aromatic heterocycles. The van der Waals surface area contributed by atoms with Gasteiger partial charge in [-0.1, -0.05) is 0 Å². The highest BCUT2D eigenvalue weighted by atomic mass is 32.1. The third kappa shape index (κ3) is 2.80. The fraction of sp³-hybridized carbons (Fsp3) is 0.722. The van der Waals surface area contributed by atoms with E-state index in [4.69, 9.17) is 9.47 Å². The Balaban J connectivity index is 1.50. The van der Waals surface area contributed by atoms with Crippen LogP contribution < -0.4 is 9.47 Å². The predicted molar refractivity (Wildman–Crippen MR) is 94.2 cm³/mol. The van der Waals surface area contributed by atoms with Crippen molar-refractivity contribution in [3.8, 4) is 11.5 Å². The van der Waals surface area contributed by atoms with Crippen molar-refractivity contribution in [1.29, 1.82) is 0 Å². The third-order valence-corrected chi connectivity index (χ3v) is 6.55. The lowest BCUT2D eigenvalue weighted by atomic mass is 10.0. The molecule has 0 saturated carbocycles. The smallest absolute Gasteiger partial charge is 0.267 e. The van der Waals surface area contributed by atoms with E-state index in [9.17, 15) is 4.79 Å². The molecule has 132 valence electrons. The Labute approximate surface area is 147 Å². The number of fused-ring (bicyclic) bond motifs is 1. The van der Waals surface area contributed by atoms with E-state index in [0.717, 1.165) is 25.3 Å². The summed E-state index contributed by atoms with van der Waals surface area (Å²) in [5.74, 6) is 1.49. The Morgan fingerprint density at radius 2 is 1.92 bits per heavy atom. The van der Waals surface area contributed by atoms with Crippen molar-refractivity contribution in [2.75, 3.05) is 26.3 Å². The fourth-order valence-corrected chi connectivity index (χ4v) is 5.37. The van der Waals surface area contributed by atoms with Crippen LogP contribution in [0.4, 0.5) is 0 Å². The standard InChI is InChI=1S/C18H26N2O3S/c1-12-5-6-13(2)20(12)14-4-3-7-19(10-14)18(21)17-16-15(11-24-17)22-8-9-23-16/h11-14H,3-10H2,1-2H3. The number of piperidine rings is 1. The number of hydrogen-bond acceptors (Lipinski definition) is 5. The number of carbonyl (C=O) groups excluding carboxylic acids is 1. The van der Waals surface area contributed by atoms with Crippen LogP contribution >= 0.6 is 11.3 Å². The summed E-state index contributed by atoms with van der Waals surface area (Å²) in [4.78, 5) is 18.4. The molecule has 0 bridgehead atoms. The van der Waals surface area contributed by atoms with Gasteiger partial charge >= 0.3 is 0 Å². The average Bonchev–Trinajstić information content (AvgIpc) is 3.18. The van der Waals surface area contributed by atoms with Crippen molar-refractivity contribution in [1.82, 2.24) is 9.80 Å². The highest BCUT2D eigenvalue weighted by Crippen LogP contribution is 2.40. The molecule has 0 aliphatic carbocycles. The summed E-state index contributed by atoms with van der Waals surface area (Å²) in [5.41, 5.74) is 0. The topological polar surface area (TPSA) is 42.0 Å². The maximum Gasteiger partial charge on any atom is 0.267 e. The van der Waals surface area contributed by atoms with Gasteiger partial charge < -0.3 is 14.4 Å². The first kappa shape index (κ1) is 16.2. The molecule has 2 fully saturated rings. The fourth-order valence-electron chi connectivity index (χ4n) is 4.47. The molecule has 3 aliphatic heterocycles. The number of hydrogen-bond donors (Lipinski definition) is 0. The number of amides is 1. The van der Waals surface area contributed by atoms with Crippen LogP contribution in [0.25, 0.3) is 0 Å². The summed E-state index contributed by atoms with van der Waals surface area (Å²) < 4.78 is 11.3. The van der Waals surface area contributed by atoms with Crippen LogP contribution in [0.15, 0.2) is 5.38 Å². The molecule has 3 atom stereocenters. The molecule has 4 heterocycles. The quantitative estimate of drug-likeness (QED) is 0.822. The van der Waals surface area contributed by atoms with Crippen molar-refractivity contribution in [2.24, 2.45) is 0 Å². The number of likely N-dealkylation sites (tertiary alicyclic amines) is 2. The maximum absolute atomic E-state index is 13.0. The lowest BCUT2D eigenvalue weighted by Gasteiger charge is -2.41. The summed E-state index contributed by atoms with van der Waals surface area (Å²) >= 11 is 1.45. The lowest BCUT2D eigenvalue weighted by Crippen LogP contribution is -2.52. The second-order valence-corrected chi connectivity index (χ2v) is 8.10. The zero-order valence-corrected chi connectivity index (χ0v) is 15.3. The molecular formula is C18H26N2O3S. The molecule has 24 heavy (non-hydrogen) atoms. The van der Waals surface area contributed by atoms with Gasteiger partial charge in [-0.2, -0.15) is 0 Å². The first-order chi connectivity index (χ1) is 11.6. The van der Waals surface area contributed by atoms with Gasteiger partial charge in [-0.3, -0.25) is 9.69 Å². The van der Waals surface area contributed by atoms with Gasteiger partial charge in [-0.05, 0) is 39.5 Å². The first-order valence-electron chi connectivity index (χ1n) is 9.09. The van der Waals surface area contributed by atoms with Gasteiger partial charge in [-0.15, -0.1) is 11.3 Å². The van der Waals surface area contributed by atoms with E-state index < -0.39 is 0 Å². The Kier molecular flexibility index (Phi) is 4.43. The third-order valence-electron chi connectivity index (χ3n) is 5.62. The molecule has 0 spiro atoms. The Morgan fingerprint density at radius 1 is 1.17 bits per heavy atom. The van der Waals surface area contributed by atoms with Gasteiger partial charge in [0.2, 0.25) is 0 Å². The number of ether oxygens (including phenoxy) is 2. The summed E-state index contributed by atoms with van der Waals surface area (Å²) in [5, 5.41) is 1.90. The van der Waals surface area contributed by atoms with Crippen LogP contribution in [-0.2, 0) is 0 Å². The number of nitrogens with zero attached hydrogens (tertiary/aromatic N) is 2. The monoisotopic (exact) mass is 350 g/mol. The Bertz CT molecular complexity index is 607. The first-order valence-corrected chi connectivity index (χ1v) is 9.97. The zero-order chi connectivity index (χ0) is 16.7. The minimum Gasteiger partial charge on any atom is -0.485 e. The largest absolute Gasteiger partial charge is 0.485 e. The van der Waals surface area contributed by atoms with E-state index in [0.29, 0.717) is 42.0 Å². The summed E-state index contributed by atoms with van der Waals surface area (Å²) in [6, 6.07) is 1.75. The van der Waals surface area contributed by atoms with Crippen molar-refractivity contribution < 1.29 is 14.3 Å². The van der Waals surface area contributed by atoms with Gasteiger partial charge in [0, 0.05) is 36.6 Å². The second kappa shape index (κ2) is 6.56. The summed E-state index contributed by atoms with van der Waals surface area (Å²) in [6.07, 6.45) is 4.82. The SMILES string of the molecule is CC1CCC(C)N1C1CCCN(C(=O)c2scc3c2OCCO3)C1. The molecular weight excluding hydrogens is 324 g/mol. The van der Waals surface area contributed by atoms with E-state index >= 15 is 0 Å². The lowest BCUT2D eigenvalue weighted by molar-refractivity contribution is 0.0485. The van der Waals surface area contributed by atoms with Gasteiger partial charge in [0.15, 0.2) is 11.5 Å². The van der Waals surface area contributed by atoms with Crippen molar-refractivity contribution >= 4 is 17.2 Å². The maximum atomic E-state index is 13.0.